The number of benzene rings is 1. The average Bonchev–Trinajstić information content (AvgIpc) is 3.06. The molecule has 2 aromatic heterocycles. The third kappa shape index (κ3) is 3.23. The molecule has 4 heteroatoms. The maximum absolute atomic E-state index is 6.28. The Hall–Kier alpha value is -1.91. The molecule has 0 saturated heterocycles. The van der Waals surface area contributed by atoms with Crippen LogP contribution >= 0.6 is 11.3 Å². The first-order valence-electron chi connectivity index (χ1n) is 7.06. The van der Waals surface area contributed by atoms with Crippen molar-refractivity contribution in [3.05, 3.63) is 59.0 Å². The first-order chi connectivity index (χ1) is 10.4. The van der Waals surface area contributed by atoms with Gasteiger partial charge in [-0.05, 0) is 25.0 Å². The number of nitrogens with one attached hydrogen (secondary N) is 1. The topological polar surface area (TPSA) is 34.1 Å². The predicted octanol–water partition coefficient (Wildman–Crippen LogP) is 4.03. The van der Waals surface area contributed by atoms with E-state index in [0.717, 1.165) is 29.5 Å². The van der Waals surface area contributed by atoms with Crippen molar-refractivity contribution in [2.45, 2.75) is 12.5 Å². The molecule has 0 aliphatic heterocycles. The highest BCUT2D eigenvalue weighted by molar-refractivity contribution is 7.10. The van der Waals surface area contributed by atoms with Crippen molar-refractivity contribution in [3.8, 4) is 5.75 Å². The van der Waals surface area contributed by atoms with Crippen molar-refractivity contribution in [1.29, 1.82) is 0 Å². The highest BCUT2D eigenvalue weighted by Crippen LogP contribution is 2.31. The fourth-order valence-corrected chi connectivity index (χ4v) is 3.13. The number of pyridine rings is 1. The molecule has 2 heterocycles. The van der Waals surface area contributed by atoms with Crippen molar-refractivity contribution in [2.75, 3.05) is 13.6 Å². The molecule has 21 heavy (non-hydrogen) atoms. The molecular weight excluding hydrogens is 280 g/mol. The second kappa shape index (κ2) is 6.70. The quantitative estimate of drug-likeness (QED) is 0.746. The summed E-state index contributed by atoms with van der Waals surface area (Å²) < 4.78 is 6.28. The highest BCUT2D eigenvalue weighted by Gasteiger charge is 2.15. The van der Waals surface area contributed by atoms with Crippen LogP contribution in [-0.4, -0.2) is 18.6 Å². The Morgan fingerprint density at radius 3 is 2.90 bits per heavy atom. The van der Waals surface area contributed by atoms with E-state index in [1.165, 1.54) is 4.88 Å². The van der Waals surface area contributed by atoms with Gasteiger partial charge in [0, 0.05) is 28.3 Å². The summed E-state index contributed by atoms with van der Waals surface area (Å²) in [6.07, 6.45) is 4.67. The molecular formula is C17H18N2OS. The number of hydrogen-bond acceptors (Lipinski definition) is 4. The first-order valence-corrected chi connectivity index (χ1v) is 7.94. The fourth-order valence-electron chi connectivity index (χ4n) is 2.35. The van der Waals surface area contributed by atoms with E-state index in [1.54, 1.807) is 11.3 Å². The summed E-state index contributed by atoms with van der Waals surface area (Å²) in [6.45, 7) is 0.917. The number of fused-ring (bicyclic) bond motifs is 1. The molecule has 1 aromatic carbocycles. The van der Waals surface area contributed by atoms with Gasteiger partial charge in [0.15, 0.2) is 0 Å². The van der Waals surface area contributed by atoms with Crippen LogP contribution in [0.2, 0.25) is 0 Å². The molecule has 0 aliphatic rings. The van der Waals surface area contributed by atoms with Crippen LogP contribution in [-0.2, 0) is 0 Å². The Morgan fingerprint density at radius 1 is 1.19 bits per heavy atom. The van der Waals surface area contributed by atoms with Gasteiger partial charge in [0.05, 0.1) is 6.20 Å². The van der Waals surface area contributed by atoms with E-state index in [2.05, 4.69) is 39.9 Å². The Kier molecular flexibility index (Phi) is 4.48. The van der Waals surface area contributed by atoms with E-state index in [9.17, 15) is 0 Å². The second-order valence-electron chi connectivity index (χ2n) is 4.87. The summed E-state index contributed by atoms with van der Waals surface area (Å²) in [5.41, 5.74) is 0. The lowest BCUT2D eigenvalue weighted by Gasteiger charge is -2.19. The van der Waals surface area contributed by atoms with Crippen LogP contribution in [0.3, 0.4) is 0 Å². The zero-order valence-electron chi connectivity index (χ0n) is 12.0. The van der Waals surface area contributed by atoms with Gasteiger partial charge >= 0.3 is 0 Å². The average molecular weight is 298 g/mol. The molecule has 3 rings (SSSR count). The molecule has 108 valence electrons. The number of aromatic nitrogens is 1. The summed E-state index contributed by atoms with van der Waals surface area (Å²) in [4.78, 5) is 5.54. The Labute approximate surface area is 128 Å². The zero-order chi connectivity index (χ0) is 14.5. The molecule has 3 aromatic rings. The summed E-state index contributed by atoms with van der Waals surface area (Å²) in [5, 5.41) is 7.50. The van der Waals surface area contributed by atoms with Gasteiger partial charge in [0.25, 0.3) is 0 Å². The van der Waals surface area contributed by atoms with Gasteiger partial charge in [-0.1, -0.05) is 30.3 Å². The van der Waals surface area contributed by atoms with Gasteiger partial charge in [-0.15, -0.1) is 11.3 Å². The van der Waals surface area contributed by atoms with Crippen molar-refractivity contribution >= 4 is 22.1 Å². The summed E-state index contributed by atoms with van der Waals surface area (Å²) in [7, 11) is 1.96. The minimum atomic E-state index is 0.0602. The number of ether oxygens (including phenoxy) is 1. The zero-order valence-corrected chi connectivity index (χ0v) is 12.8. The van der Waals surface area contributed by atoms with Crippen LogP contribution in [0, 0.1) is 0 Å². The predicted molar refractivity (Wildman–Crippen MR) is 88.0 cm³/mol. The number of nitrogens with zero attached hydrogens (tertiary/aromatic N) is 1. The van der Waals surface area contributed by atoms with Gasteiger partial charge in [-0.25, -0.2) is 0 Å². The molecule has 0 bridgehead atoms. The second-order valence-corrected chi connectivity index (χ2v) is 5.85. The van der Waals surface area contributed by atoms with Gasteiger partial charge in [0.1, 0.15) is 11.9 Å². The Morgan fingerprint density at radius 2 is 2.10 bits per heavy atom. The Bertz CT molecular complexity index is 692. The van der Waals surface area contributed by atoms with Crippen LogP contribution in [0.5, 0.6) is 5.75 Å². The largest absolute Gasteiger partial charge is 0.483 e. The molecule has 0 aliphatic carbocycles. The molecule has 0 fully saturated rings. The maximum Gasteiger partial charge on any atom is 0.146 e. The van der Waals surface area contributed by atoms with Crippen LogP contribution in [0.15, 0.2) is 54.2 Å². The third-order valence-corrected chi connectivity index (χ3v) is 4.38. The number of rotatable bonds is 6. The van der Waals surface area contributed by atoms with Crippen LogP contribution in [0.25, 0.3) is 10.8 Å². The molecule has 0 saturated carbocycles. The van der Waals surface area contributed by atoms with E-state index in [0.29, 0.717) is 0 Å². The van der Waals surface area contributed by atoms with Crippen molar-refractivity contribution < 1.29 is 4.74 Å². The minimum Gasteiger partial charge on any atom is -0.483 e. The van der Waals surface area contributed by atoms with E-state index in [-0.39, 0.29) is 6.10 Å². The smallest absolute Gasteiger partial charge is 0.146 e. The number of thiophene rings is 1. The lowest BCUT2D eigenvalue weighted by atomic mass is 10.1. The van der Waals surface area contributed by atoms with E-state index < -0.39 is 0 Å². The van der Waals surface area contributed by atoms with E-state index >= 15 is 0 Å². The molecule has 0 radical (unpaired) electrons. The molecule has 1 atom stereocenters. The molecule has 1 N–H and O–H groups in total. The lowest BCUT2D eigenvalue weighted by molar-refractivity contribution is 0.200. The normalized spacial score (nSPS) is 12.4. The van der Waals surface area contributed by atoms with E-state index in [4.69, 9.17) is 4.74 Å². The first kappa shape index (κ1) is 14.0. The lowest BCUT2D eigenvalue weighted by Crippen LogP contribution is -2.15. The van der Waals surface area contributed by atoms with Gasteiger partial charge in [-0.3, -0.25) is 4.98 Å². The monoisotopic (exact) mass is 298 g/mol. The SMILES string of the molecule is CNCCC(Oc1cncc2ccccc12)c1cccs1. The van der Waals surface area contributed by atoms with Crippen LogP contribution in [0.4, 0.5) is 0 Å². The van der Waals surface area contributed by atoms with Crippen LogP contribution < -0.4 is 10.1 Å². The van der Waals surface area contributed by atoms with Gasteiger partial charge in [0.2, 0.25) is 0 Å². The van der Waals surface area contributed by atoms with E-state index in [1.807, 2.05) is 31.6 Å². The molecule has 0 amide bonds. The third-order valence-electron chi connectivity index (χ3n) is 3.42. The van der Waals surface area contributed by atoms with Crippen LogP contribution in [0.1, 0.15) is 17.4 Å². The van der Waals surface area contributed by atoms with Crippen molar-refractivity contribution in [1.82, 2.24) is 10.3 Å². The maximum atomic E-state index is 6.28. The van der Waals surface area contributed by atoms with Crippen molar-refractivity contribution in [3.63, 3.8) is 0 Å². The van der Waals surface area contributed by atoms with Gasteiger partial charge < -0.3 is 10.1 Å². The van der Waals surface area contributed by atoms with Gasteiger partial charge in [-0.2, -0.15) is 0 Å². The fraction of sp³-hybridized carbons (Fsp3) is 0.235. The highest BCUT2D eigenvalue weighted by atomic mass is 32.1. The molecule has 0 spiro atoms. The summed E-state index contributed by atoms with van der Waals surface area (Å²) in [6, 6.07) is 12.4. The molecule has 1 unspecified atom stereocenters. The minimum absolute atomic E-state index is 0.0602. The Balaban J connectivity index is 1.90. The standard InChI is InChI=1S/C17H18N2OS/c1-18-9-8-15(17-7-4-10-21-17)20-16-12-19-11-13-5-2-3-6-14(13)16/h2-7,10-12,15,18H,8-9H2,1H3. The number of hydrogen-bond donors (Lipinski definition) is 1. The van der Waals surface area contributed by atoms with Crippen molar-refractivity contribution in [2.24, 2.45) is 0 Å². The summed E-state index contributed by atoms with van der Waals surface area (Å²) in [5.74, 6) is 0.850. The molecule has 3 nitrogen and oxygen atoms in total. The summed E-state index contributed by atoms with van der Waals surface area (Å²) >= 11 is 1.73.